The van der Waals surface area contributed by atoms with Gasteiger partial charge in [0.15, 0.2) is 0 Å². The fourth-order valence-corrected chi connectivity index (χ4v) is 6.53. The third-order valence-electron chi connectivity index (χ3n) is 7.43. The van der Waals surface area contributed by atoms with E-state index < -0.39 is 0 Å². The van der Waals surface area contributed by atoms with E-state index in [2.05, 4.69) is 41.4 Å². The number of aliphatic hydroxyl groups is 1. The predicted octanol–water partition coefficient (Wildman–Crippen LogP) is 2.46. The lowest BCUT2D eigenvalue weighted by molar-refractivity contribution is -0.0363. The molecule has 3 heterocycles. The van der Waals surface area contributed by atoms with Gasteiger partial charge in [-0.1, -0.05) is 31.5 Å². The summed E-state index contributed by atoms with van der Waals surface area (Å²) < 4.78 is 0. The van der Waals surface area contributed by atoms with Crippen LogP contribution in [0.2, 0.25) is 0 Å². The van der Waals surface area contributed by atoms with E-state index in [9.17, 15) is 5.11 Å². The summed E-state index contributed by atoms with van der Waals surface area (Å²) in [5.74, 6) is 1.86. The monoisotopic (exact) mass is 298 g/mol. The molecular formula is C19H26N2O. The zero-order valence-corrected chi connectivity index (χ0v) is 13.3. The van der Waals surface area contributed by atoms with Crippen molar-refractivity contribution < 1.29 is 5.11 Å². The maximum atomic E-state index is 10.2. The first-order chi connectivity index (χ1) is 10.8. The Morgan fingerprint density at radius 1 is 1.36 bits per heavy atom. The topological polar surface area (TPSA) is 35.5 Å². The second-order valence-electron chi connectivity index (χ2n) is 7.88. The van der Waals surface area contributed by atoms with Crippen LogP contribution in [-0.4, -0.2) is 41.8 Å². The van der Waals surface area contributed by atoms with Crippen LogP contribution in [0.5, 0.6) is 0 Å². The normalized spacial score (nSPS) is 45.3. The van der Waals surface area contributed by atoms with Gasteiger partial charge in [-0.2, -0.15) is 0 Å². The molecule has 0 radical (unpaired) electrons. The van der Waals surface area contributed by atoms with Gasteiger partial charge < -0.3 is 10.4 Å². The standard InChI is InChI=1S/C19H26N2O/c1-2-12-10-21-8-7-19-15-5-3-4-6-16(15)20-18(19)14(11-22)13(12)9-17(19)21/h3-6,12-14,17-18,20,22H,2,7-11H2,1H3/t12-,13+,14+,17+,18-,19-/m0/s1. The van der Waals surface area contributed by atoms with Crippen LogP contribution in [0.3, 0.4) is 0 Å². The van der Waals surface area contributed by atoms with Crippen LogP contribution in [0, 0.1) is 17.8 Å². The number of benzene rings is 1. The van der Waals surface area contributed by atoms with Crippen molar-refractivity contribution in [2.75, 3.05) is 25.0 Å². The van der Waals surface area contributed by atoms with Crippen molar-refractivity contribution in [3.63, 3.8) is 0 Å². The number of para-hydroxylation sites is 1. The van der Waals surface area contributed by atoms with Crippen LogP contribution >= 0.6 is 0 Å². The van der Waals surface area contributed by atoms with E-state index in [0.29, 0.717) is 30.5 Å². The van der Waals surface area contributed by atoms with Gasteiger partial charge >= 0.3 is 0 Å². The average molecular weight is 298 g/mol. The smallest absolute Gasteiger partial charge is 0.0481 e. The van der Waals surface area contributed by atoms with Crippen molar-refractivity contribution in [1.29, 1.82) is 0 Å². The number of nitrogens with one attached hydrogen (secondary N) is 1. The first-order valence-electron chi connectivity index (χ1n) is 9.00. The zero-order valence-electron chi connectivity index (χ0n) is 13.3. The van der Waals surface area contributed by atoms with Gasteiger partial charge in [0.05, 0.1) is 0 Å². The number of anilines is 1. The molecule has 4 aliphatic rings. The summed E-state index contributed by atoms with van der Waals surface area (Å²) in [5.41, 5.74) is 3.10. The van der Waals surface area contributed by atoms with Gasteiger partial charge in [-0.15, -0.1) is 0 Å². The third kappa shape index (κ3) is 1.40. The predicted molar refractivity (Wildman–Crippen MR) is 88.0 cm³/mol. The summed E-state index contributed by atoms with van der Waals surface area (Å²) in [6, 6.07) is 10.0. The summed E-state index contributed by atoms with van der Waals surface area (Å²) >= 11 is 0. The molecule has 2 bridgehead atoms. The lowest BCUT2D eigenvalue weighted by Crippen LogP contribution is -2.64. The summed E-state index contributed by atoms with van der Waals surface area (Å²) in [6.07, 6.45) is 3.79. The Morgan fingerprint density at radius 2 is 2.23 bits per heavy atom. The second-order valence-corrected chi connectivity index (χ2v) is 7.88. The molecule has 1 aromatic rings. The molecule has 1 aromatic carbocycles. The van der Waals surface area contributed by atoms with Gasteiger partial charge in [-0.25, -0.2) is 0 Å². The fraction of sp³-hybridized carbons (Fsp3) is 0.684. The molecule has 3 fully saturated rings. The maximum Gasteiger partial charge on any atom is 0.0481 e. The van der Waals surface area contributed by atoms with Crippen LogP contribution in [-0.2, 0) is 5.41 Å². The van der Waals surface area contributed by atoms with Crippen LogP contribution in [0.15, 0.2) is 24.3 Å². The number of nitrogens with zero attached hydrogens (tertiary/aromatic N) is 1. The number of fused-ring (bicyclic) bond motifs is 2. The molecule has 1 saturated carbocycles. The molecule has 22 heavy (non-hydrogen) atoms. The molecule has 5 rings (SSSR count). The van der Waals surface area contributed by atoms with E-state index in [0.717, 1.165) is 5.92 Å². The minimum atomic E-state index is 0.249. The van der Waals surface area contributed by atoms with E-state index in [1.54, 1.807) is 0 Å². The summed E-state index contributed by atoms with van der Waals surface area (Å²) in [6.45, 7) is 5.15. The van der Waals surface area contributed by atoms with E-state index >= 15 is 0 Å². The van der Waals surface area contributed by atoms with Crippen LogP contribution < -0.4 is 5.32 Å². The molecule has 1 spiro atoms. The second kappa shape index (κ2) is 4.48. The van der Waals surface area contributed by atoms with Gasteiger partial charge in [0.2, 0.25) is 0 Å². The zero-order chi connectivity index (χ0) is 14.9. The molecule has 1 aliphatic carbocycles. The van der Waals surface area contributed by atoms with E-state index in [-0.39, 0.29) is 5.41 Å². The number of piperidine rings is 1. The highest BCUT2D eigenvalue weighted by Crippen LogP contribution is 2.61. The highest BCUT2D eigenvalue weighted by Gasteiger charge is 2.65. The molecule has 118 valence electrons. The Bertz CT molecular complexity index is 603. The largest absolute Gasteiger partial charge is 0.396 e. The lowest BCUT2D eigenvalue weighted by atomic mass is 9.54. The first kappa shape index (κ1) is 13.4. The number of aliphatic hydroxyl groups excluding tert-OH is 1. The Balaban J connectivity index is 1.68. The minimum Gasteiger partial charge on any atom is -0.396 e. The SMILES string of the molecule is CC[C@H]1CN2CC[C@@]34c5ccccc5N[C@H]3[C@H](CO)[C@@H]1C[C@@H]24. The van der Waals surface area contributed by atoms with Crippen molar-refractivity contribution in [1.82, 2.24) is 4.90 Å². The molecular weight excluding hydrogens is 272 g/mol. The number of rotatable bonds is 2. The third-order valence-corrected chi connectivity index (χ3v) is 7.43. The van der Waals surface area contributed by atoms with Gasteiger partial charge in [-0.3, -0.25) is 4.90 Å². The summed E-state index contributed by atoms with van der Waals surface area (Å²) in [7, 11) is 0. The van der Waals surface area contributed by atoms with E-state index in [1.165, 1.54) is 43.6 Å². The maximum absolute atomic E-state index is 10.2. The van der Waals surface area contributed by atoms with Crippen molar-refractivity contribution in [3.8, 4) is 0 Å². The molecule has 3 nitrogen and oxygen atoms in total. The van der Waals surface area contributed by atoms with Gasteiger partial charge in [0.25, 0.3) is 0 Å². The highest BCUT2D eigenvalue weighted by molar-refractivity contribution is 5.64. The quantitative estimate of drug-likeness (QED) is 0.880. The molecule has 3 heteroatoms. The van der Waals surface area contributed by atoms with Crippen LogP contribution in [0.1, 0.15) is 31.7 Å². The number of hydrogen-bond donors (Lipinski definition) is 2. The van der Waals surface area contributed by atoms with E-state index in [1.807, 2.05) is 0 Å². The van der Waals surface area contributed by atoms with Crippen molar-refractivity contribution in [2.45, 2.75) is 43.7 Å². The Kier molecular flexibility index (Phi) is 2.73. The molecule has 0 aromatic heterocycles. The molecule has 0 unspecified atom stereocenters. The Labute approximate surface area is 132 Å². The van der Waals surface area contributed by atoms with Crippen LogP contribution in [0.4, 0.5) is 5.69 Å². The summed E-state index contributed by atoms with van der Waals surface area (Å²) in [4.78, 5) is 2.77. The van der Waals surface area contributed by atoms with Crippen molar-refractivity contribution >= 4 is 5.69 Å². The molecule has 3 aliphatic heterocycles. The Hall–Kier alpha value is -1.06. The summed E-state index contributed by atoms with van der Waals surface area (Å²) in [5, 5.41) is 14.1. The van der Waals surface area contributed by atoms with Gasteiger partial charge in [0, 0.05) is 42.3 Å². The van der Waals surface area contributed by atoms with E-state index in [4.69, 9.17) is 0 Å². The molecule has 2 saturated heterocycles. The molecule has 0 amide bonds. The van der Waals surface area contributed by atoms with Gasteiger partial charge in [0.1, 0.15) is 0 Å². The fourth-order valence-electron chi connectivity index (χ4n) is 6.53. The number of hydrogen-bond acceptors (Lipinski definition) is 3. The Morgan fingerprint density at radius 3 is 3.05 bits per heavy atom. The minimum absolute atomic E-state index is 0.249. The lowest BCUT2D eigenvalue weighted by Gasteiger charge is -2.56. The highest BCUT2D eigenvalue weighted by atomic mass is 16.3. The van der Waals surface area contributed by atoms with Gasteiger partial charge in [-0.05, 0) is 42.9 Å². The average Bonchev–Trinajstić information content (AvgIpc) is 3.11. The van der Waals surface area contributed by atoms with Crippen molar-refractivity contribution in [2.24, 2.45) is 17.8 Å². The molecule has 2 N–H and O–H groups in total. The molecule has 6 atom stereocenters. The first-order valence-corrected chi connectivity index (χ1v) is 9.00. The van der Waals surface area contributed by atoms with Crippen LogP contribution in [0.25, 0.3) is 0 Å². The van der Waals surface area contributed by atoms with Crippen molar-refractivity contribution in [3.05, 3.63) is 29.8 Å².